The highest BCUT2D eigenvalue weighted by molar-refractivity contribution is 5.95. The van der Waals surface area contributed by atoms with E-state index in [4.69, 9.17) is 0 Å². The van der Waals surface area contributed by atoms with Crippen molar-refractivity contribution in [3.63, 3.8) is 0 Å². The Bertz CT molecular complexity index is 575. The Morgan fingerprint density at radius 3 is 2.83 bits per heavy atom. The summed E-state index contributed by atoms with van der Waals surface area (Å²) in [4.78, 5) is 19.3. The van der Waals surface area contributed by atoms with Crippen LogP contribution in [-0.2, 0) is 11.2 Å². The molecule has 1 N–H and O–H groups in total. The third-order valence-corrected chi connectivity index (χ3v) is 5.18. The van der Waals surface area contributed by atoms with Crippen molar-refractivity contribution >= 4 is 11.6 Å². The lowest BCUT2D eigenvalue weighted by atomic mass is 10.1. The summed E-state index contributed by atoms with van der Waals surface area (Å²) in [5, 5.41) is 9.56. The van der Waals surface area contributed by atoms with Crippen LogP contribution in [0.5, 0.6) is 0 Å². The molecular weight excluding hydrogens is 302 g/mol. The standard InChI is InChI=1S/C19H29N3O2/c1-15-13-20(11-12-21(15)14-16(2)23)9-8-19(24)22-10-7-17-5-3-4-6-18(17)22/h3-6,15-16,23H,7-14H2,1-2H3/t15-,16-/m0/s1. The highest BCUT2D eigenvalue weighted by Crippen LogP contribution is 2.27. The van der Waals surface area contributed by atoms with E-state index < -0.39 is 0 Å². The molecule has 1 aromatic rings. The van der Waals surface area contributed by atoms with Crippen LogP contribution >= 0.6 is 0 Å². The predicted molar refractivity (Wildman–Crippen MR) is 96.3 cm³/mol. The van der Waals surface area contributed by atoms with Crippen LogP contribution in [0.15, 0.2) is 24.3 Å². The normalized spacial score (nSPS) is 23.3. The number of aliphatic hydroxyl groups is 1. The van der Waals surface area contributed by atoms with E-state index in [1.54, 1.807) is 0 Å². The van der Waals surface area contributed by atoms with E-state index in [1.807, 2.05) is 24.0 Å². The van der Waals surface area contributed by atoms with Crippen molar-refractivity contribution in [2.75, 3.05) is 44.2 Å². The fourth-order valence-corrected chi connectivity index (χ4v) is 3.87. The molecule has 0 saturated carbocycles. The van der Waals surface area contributed by atoms with Crippen molar-refractivity contribution in [2.45, 2.75) is 38.8 Å². The number of nitrogens with zero attached hydrogens (tertiary/aromatic N) is 3. The number of aliphatic hydroxyl groups excluding tert-OH is 1. The van der Waals surface area contributed by atoms with Crippen LogP contribution in [0.1, 0.15) is 25.8 Å². The zero-order valence-electron chi connectivity index (χ0n) is 14.8. The summed E-state index contributed by atoms with van der Waals surface area (Å²) < 4.78 is 0. The van der Waals surface area contributed by atoms with E-state index in [9.17, 15) is 9.90 Å². The second-order valence-corrected chi connectivity index (χ2v) is 7.17. The molecule has 1 fully saturated rings. The fourth-order valence-electron chi connectivity index (χ4n) is 3.87. The first-order valence-corrected chi connectivity index (χ1v) is 9.07. The molecule has 2 aliphatic heterocycles. The molecule has 0 radical (unpaired) electrons. The zero-order valence-corrected chi connectivity index (χ0v) is 14.8. The summed E-state index contributed by atoms with van der Waals surface area (Å²) in [6.07, 6.45) is 1.27. The summed E-state index contributed by atoms with van der Waals surface area (Å²) in [7, 11) is 0. The number of anilines is 1. The number of piperazine rings is 1. The maximum absolute atomic E-state index is 12.6. The summed E-state index contributed by atoms with van der Waals surface area (Å²) in [5.41, 5.74) is 2.38. The van der Waals surface area contributed by atoms with Gasteiger partial charge in [-0.1, -0.05) is 18.2 Å². The summed E-state index contributed by atoms with van der Waals surface area (Å²) in [6, 6.07) is 8.65. The lowest BCUT2D eigenvalue weighted by Crippen LogP contribution is -2.53. The summed E-state index contributed by atoms with van der Waals surface area (Å²) >= 11 is 0. The van der Waals surface area contributed by atoms with Crippen LogP contribution in [0.3, 0.4) is 0 Å². The van der Waals surface area contributed by atoms with Crippen molar-refractivity contribution < 1.29 is 9.90 Å². The monoisotopic (exact) mass is 331 g/mol. The Morgan fingerprint density at radius 2 is 2.08 bits per heavy atom. The van der Waals surface area contributed by atoms with Crippen molar-refractivity contribution in [2.24, 2.45) is 0 Å². The van der Waals surface area contributed by atoms with Gasteiger partial charge in [0.15, 0.2) is 0 Å². The van der Waals surface area contributed by atoms with E-state index in [2.05, 4.69) is 28.9 Å². The van der Waals surface area contributed by atoms with Gasteiger partial charge in [0.05, 0.1) is 6.10 Å². The van der Waals surface area contributed by atoms with Gasteiger partial charge in [-0.2, -0.15) is 0 Å². The highest BCUT2D eigenvalue weighted by Gasteiger charge is 2.27. The number of hydrogen-bond donors (Lipinski definition) is 1. The molecular formula is C19H29N3O2. The van der Waals surface area contributed by atoms with Gasteiger partial charge in [0, 0.05) is 57.4 Å². The molecule has 0 unspecified atom stereocenters. The Morgan fingerprint density at radius 1 is 1.29 bits per heavy atom. The van der Waals surface area contributed by atoms with Crippen LogP contribution in [-0.4, -0.2) is 72.2 Å². The van der Waals surface area contributed by atoms with Crippen LogP contribution in [0.25, 0.3) is 0 Å². The molecule has 2 heterocycles. The van der Waals surface area contributed by atoms with Gasteiger partial charge in [-0.3, -0.25) is 9.69 Å². The molecule has 1 amide bonds. The van der Waals surface area contributed by atoms with Gasteiger partial charge >= 0.3 is 0 Å². The first kappa shape index (κ1) is 17.4. The summed E-state index contributed by atoms with van der Waals surface area (Å²) in [5.74, 6) is 0.235. The van der Waals surface area contributed by atoms with Gasteiger partial charge in [0.2, 0.25) is 5.91 Å². The average Bonchev–Trinajstić information content (AvgIpc) is 2.98. The predicted octanol–water partition coefficient (Wildman–Crippen LogP) is 1.35. The molecule has 2 atom stereocenters. The lowest BCUT2D eigenvalue weighted by Gasteiger charge is -2.40. The second kappa shape index (κ2) is 7.64. The molecule has 1 aromatic carbocycles. The highest BCUT2D eigenvalue weighted by atomic mass is 16.3. The first-order chi connectivity index (χ1) is 11.5. The minimum absolute atomic E-state index is 0.235. The zero-order chi connectivity index (χ0) is 17.1. The number of carbonyl (C=O) groups excluding carboxylic acids is 1. The number of rotatable bonds is 5. The average molecular weight is 331 g/mol. The minimum Gasteiger partial charge on any atom is -0.392 e. The molecule has 5 heteroatoms. The molecule has 5 nitrogen and oxygen atoms in total. The molecule has 2 aliphatic rings. The first-order valence-electron chi connectivity index (χ1n) is 9.07. The Kier molecular flexibility index (Phi) is 5.54. The van der Waals surface area contributed by atoms with Gasteiger partial charge in [-0.25, -0.2) is 0 Å². The minimum atomic E-state index is -0.282. The molecule has 3 rings (SSSR count). The van der Waals surface area contributed by atoms with Crippen LogP contribution in [0.2, 0.25) is 0 Å². The van der Waals surface area contributed by atoms with Crippen LogP contribution < -0.4 is 4.90 Å². The lowest BCUT2D eigenvalue weighted by molar-refractivity contribution is -0.119. The molecule has 0 aromatic heterocycles. The smallest absolute Gasteiger partial charge is 0.228 e. The third-order valence-electron chi connectivity index (χ3n) is 5.18. The number of fused-ring (bicyclic) bond motifs is 1. The molecule has 0 spiro atoms. The molecule has 0 bridgehead atoms. The summed E-state index contributed by atoms with van der Waals surface area (Å²) in [6.45, 7) is 9.32. The number of para-hydroxylation sites is 1. The van der Waals surface area contributed by atoms with E-state index >= 15 is 0 Å². The van der Waals surface area contributed by atoms with Crippen molar-refractivity contribution in [3.05, 3.63) is 29.8 Å². The number of amides is 1. The number of β-amino-alcohol motifs (C(OH)–C–C–N with tert-alkyl or cyclic N) is 1. The second-order valence-electron chi connectivity index (χ2n) is 7.17. The van der Waals surface area contributed by atoms with Gasteiger partial charge < -0.3 is 14.9 Å². The third kappa shape index (κ3) is 3.97. The van der Waals surface area contributed by atoms with Gasteiger partial charge in [-0.15, -0.1) is 0 Å². The molecule has 132 valence electrons. The Hall–Kier alpha value is -1.43. The Balaban J connectivity index is 1.48. The van der Waals surface area contributed by atoms with E-state index in [1.165, 1.54) is 5.56 Å². The van der Waals surface area contributed by atoms with Crippen molar-refractivity contribution in [3.8, 4) is 0 Å². The van der Waals surface area contributed by atoms with E-state index in [0.717, 1.165) is 51.4 Å². The van der Waals surface area contributed by atoms with E-state index in [0.29, 0.717) is 12.5 Å². The van der Waals surface area contributed by atoms with Gasteiger partial charge in [0.25, 0.3) is 0 Å². The molecule has 1 saturated heterocycles. The molecule has 24 heavy (non-hydrogen) atoms. The largest absolute Gasteiger partial charge is 0.392 e. The SMILES string of the molecule is C[C@H](O)CN1CCN(CCC(=O)N2CCc3ccccc32)C[C@@H]1C. The Labute approximate surface area is 144 Å². The maximum Gasteiger partial charge on any atom is 0.228 e. The number of benzene rings is 1. The maximum atomic E-state index is 12.6. The molecule has 0 aliphatic carbocycles. The van der Waals surface area contributed by atoms with E-state index in [-0.39, 0.29) is 12.0 Å². The van der Waals surface area contributed by atoms with Gasteiger partial charge in [0.1, 0.15) is 0 Å². The van der Waals surface area contributed by atoms with Crippen molar-refractivity contribution in [1.29, 1.82) is 0 Å². The van der Waals surface area contributed by atoms with Crippen LogP contribution in [0, 0.1) is 0 Å². The quantitative estimate of drug-likeness (QED) is 0.885. The van der Waals surface area contributed by atoms with Gasteiger partial charge in [-0.05, 0) is 31.9 Å². The van der Waals surface area contributed by atoms with Crippen LogP contribution in [0.4, 0.5) is 5.69 Å². The number of carbonyl (C=O) groups is 1. The number of hydrogen-bond acceptors (Lipinski definition) is 4. The van der Waals surface area contributed by atoms with Crippen molar-refractivity contribution in [1.82, 2.24) is 9.80 Å². The fraction of sp³-hybridized carbons (Fsp3) is 0.632. The topological polar surface area (TPSA) is 47.0 Å².